The van der Waals surface area contributed by atoms with Gasteiger partial charge in [0.15, 0.2) is 0 Å². The van der Waals surface area contributed by atoms with Gasteiger partial charge in [-0.05, 0) is 35.7 Å². The van der Waals surface area contributed by atoms with Crippen LogP contribution in [0.4, 0.5) is 16.2 Å². The van der Waals surface area contributed by atoms with Crippen molar-refractivity contribution in [3.63, 3.8) is 0 Å². The second-order valence-electron chi connectivity index (χ2n) is 5.89. The minimum absolute atomic E-state index is 0.130. The quantitative estimate of drug-likeness (QED) is 0.797. The fraction of sp³-hybridized carbons (Fsp3) is 0.278. The Labute approximate surface area is 146 Å². The molecule has 0 saturated carbocycles. The SMILES string of the molecule is CN1CCc2cc([C@H](O)CNC(=O)Nc3ccccc3Cl)ccc21. The van der Waals surface area contributed by atoms with Gasteiger partial charge in [-0.3, -0.25) is 0 Å². The monoisotopic (exact) mass is 345 g/mol. The Hall–Kier alpha value is -2.24. The van der Waals surface area contributed by atoms with E-state index in [9.17, 15) is 9.90 Å². The van der Waals surface area contributed by atoms with Crippen LogP contribution >= 0.6 is 11.6 Å². The van der Waals surface area contributed by atoms with Crippen LogP contribution in [0.15, 0.2) is 42.5 Å². The number of nitrogens with one attached hydrogen (secondary N) is 2. The van der Waals surface area contributed by atoms with Gasteiger partial charge in [-0.1, -0.05) is 35.9 Å². The Morgan fingerprint density at radius 3 is 2.92 bits per heavy atom. The molecule has 2 aromatic rings. The highest BCUT2D eigenvalue weighted by molar-refractivity contribution is 6.33. The van der Waals surface area contributed by atoms with Crippen LogP contribution in [0, 0.1) is 0 Å². The molecule has 0 aromatic heterocycles. The van der Waals surface area contributed by atoms with E-state index in [1.54, 1.807) is 24.3 Å². The molecule has 6 heteroatoms. The van der Waals surface area contributed by atoms with Gasteiger partial charge < -0.3 is 20.6 Å². The Bertz CT molecular complexity index is 751. The number of fused-ring (bicyclic) bond motifs is 1. The van der Waals surface area contributed by atoms with Gasteiger partial charge in [0.05, 0.1) is 16.8 Å². The first kappa shape index (κ1) is 16.6. The Kier molecular flexibility index (Phi) is 4.92. The zero-order valence-electron chi connectivity index (χ0n) is 13.4. The van der Waals surface area contributed by atoms with Gasteiger partial charge in [0.1, 0.15) is 0 Å². The number of amides is 2. The van der Waals surface area contributed by atoms with Crippen LogP contribution in [0.25, 0.3) is 0 Å². The molecular weight excluding hydrogens is 326 g/mol. The van der Waals surface area contributed by atoms with Crippen molar-refractivity contribution >= 4 is 29.0 Å². The first-order chi connectivity index (χ1) is 11.5. The second kappa shape index (κ2) is 7.11. The number of halogens is 1. The first-order valence-corrected chi connectivity index (χ1v) is 8.24. The minimum Gasteiger partial charge on any atom is -0.387 e. The highest BCUT2D eigenvalue weighted by atomic mass is 35.5. The van der Waals surface area contributed by atoms with E-state index in [2.05, 4.69) is 22.6 Å². The molecule has 3 rings (SSSR count). The molecule has 0 radical (unpaired) electrons. The maximum absolute atomic E-state index is 11.9. The molecule has 1 aliphatic rings. The molecule has 3 N–H and O–H groups in total. The third kappa shape index (κ3) is 3.63. The summed E-state index contributed by atoms with van der Waals surface area (Å²) in [5, 5.41) is 16.1. The van der Waals surface area contributed by atoms with Crippen LogP contribution in [-0.4, -0.2) is 31.3 Å². The summed E-state index contributed by atoms with van der Waals surface area (Å²) in [5.41, 5.74) is 3.78. The van der Waals surface area contributed by atoms with Crippen molar-refractivity contribution < 1.29 is 9.90 Å². The Morgan fingerprint density at radius 1 is 1.33 bits per heavy atom. The summed E-state index contributed by atoms with van der Waals surface area (Å²) in [4.78, 5) is 14.1. The highest BCUT2D eigenvalue weighted by Gasteiger charge is 2.18. The third-order valence-corrected chi connectivity index (χ3v) is 4.52. The van der Waals surface area contributed by atoms with E-state index in [0.29, 0.717) is 10.7 Å². The Morgan fingerprint density at radius 2 is 2.12 bits per heavy atom. The average molecular weight is 346 g/mol. The maximum atomic E-state index is 11.9. The lowest BCUT2D eigenvalue weighted by Crippen LogP contribution is -2.32. The number of aliphatic hydroxyl groups is 1. The fourth-order valence-electron chi connectivity index (χ4n) is 2.83. The summed E-state index contributed by atoms with van der Waals surface area (Å²) in [6, 6.07) is 12.5. The topological polar surface area (TPSA) is 64.6 Å². The summed E-state index contributed by atoms with van der Waals surface area (Å²) >= 11 is 6.00. The number of hydrogen-bond donors (Lipinski definition) is 3. The van der Waals surface area contributed by atoms with Gasteiger partial charge in [0.25, 0.3) is 0 Å². The number of carbonyl (C=O) groups excluding carboxylic acids is 1. The van der Waals surface area contributed by atoms with E-state index >= 15 is 0 Å². The number of hydrogen-bond acceptors (Lipinski definition) is 3. The smallest absolute Gasteiger partial charge is 0.319 e. The van der Waals surface area contributed by atoms with Gasteiger partial charge in [-0.15, -0.1) is 0 Å². The standard InChI is InChI=1S/C18H20ClN3O2/c1-22-9-8-12-10-13(6-7-16(12)22)17(23)11-20-18(24)21-15-5-3-2-4-14(15)19/h2-7,10,17,23H,8-9,11H2,1H3,(H2,20,21,24)/t17-/m1/s1. The number of carbonyl (C=O) groups is 1. The molecule has 0 bridgehead atoms. The molecule has 0 spiro atoms. The van der Waals surface area contributed by atoms with Gasteiger partial charge in [0, 0.05) is 25.8 Å². The van der Waals surface area contributed by atoms with E-state index in [1.165, 1.54) is 11.3 Å². The van der Waals surface area contributed by atoms with E-state index in [-0.39, 0.29) is 6.54 Å². The summed E-state index contributed by atoms with van der Waals surface area (Å²) in [7, 11) is 2.06. The summed E-state index contributed by atoms with van der Waals surface area (Å²) in [6.07, 6.45) is 0.227. The van der Waals surface area contributed by atoms with Crippen molar-refractivity contribution in [1.82, 2.24) is 5.32 Å². The zero-order chi connectivity index (χ0) is 17.1. The summed E-state index contributed by atoms with van der Waals surface area (Å²) in [6.45, 7) is 1.12. The molecular formula is C18H20ClN3O2. The molecule has 2 amide bonds. The minimum atomic E-state index is -0.752. The zero-order valence-corrected chi connectivity index (χ0v) is 14.2. The van der Waals surface area contributed by atoms with Crippen molar-refractivity contribution in [3.05, 3.63) is 58.6 Å². The summed E-state index contributed by atoms with van der Waals surface area (Å²) < 4.78 is 0. The number of para-hydroxylation sites is 1. The van der Waals surface area contributed by atoms with Crippen molar-refractivity contribution in [1.29, 1.82) is 0 Å². The predicted octanol–water partition coefficient (Wildman–Crippen LogP) is 3.19. The molecule has 24 heavy (non-hydrogen) atoms. The van der Waals surface area contributed by atoms with Crippen LogP contribution in [0.2, 0.25) is 5.02 Å². The molecule has 1 aliphatic heterocycles. The van der Waals surface area contributed by atoms with Gasteiger partial charge >= 0.3 is 6.03 Å². The molecule has 0 unspecified atom stereocenters. The highest BCUT2D eigenvalue weighted by Crippen LogP contribution is 2.29. The lowest BCUT2D eigenvalue weighted by atomic mass is 10.0. The van der Waals surface area contributed by atoms with Crippen molar-refractivity contribution in [2.24, 2.45) is 0 Å². The molecule has 0 fully saturated rings. The second-order valence-corrected chi connectivity index (χ2v) is 6.30. The number of aliphatic hydroxyl groups excluding tert-OH is 1. The third-order valence-electron chi connectivity index (χ3n) is 4.19. The van der Waals surface area contributed by atoms with E-state index in [0.717, 1.165) is 18.5 Å². The molecule has 2 aromatic carbocycles. The number of urea groups is 1. The predicted molar refractivity (Wildman–Crippen MR) is 96.8 cm³/mol. The lowest BCUT2D eigenvalue weighted by Gasteiger charge is -2.16. The fourth-order valence-corrected chi connectivity index (χ4v) is 3.01. The van der Waals surface area contributed by atoms with Crippen LogP contribution in [0.1, 0.15) is 17.2 Å². The van der Waals surface area contributed by atoms with Crippen molar-refractivity contribution in [2.45, 2.75) is 12.5 Å². The normalized spacial score (nSPS) is 14.2. The van der Waals surface area contributed by atoms with Crippen LogP contribution < -0.4 is 15.5 Å². The molecule has 5 nitrogen and oxygen atoms in total. The molecule has 1 atom stereocenters. The molecule has 126 valence electrons. The Balaban J connectivity index is 1.57. The molecule has 1 heterocycles. The number of nitrogens with zero attached hydrogens (tertiary/aromatic N) is 1. The van der Waals surface area contributed by atoms with E-state index < -0.39 is 12.1 Å². The largest absolute Gasteiger partial charge is 0.387 e. The average Bonchev–Trinajstić information content (AvgIpc) is 2.95. The number of likely N-dealkylation sites (N-methyl/N-ethyl adjacent to an activating group) is 1. The van der Waals surface area contributed by atoms with Gasteiger partial charge in [-0.25, -0.2) is 4.79 Å². The molecule has 0 aliphatic carbocycles. The van der Waals surface area contributed by atoms with Crippen LogP contribution in [0.3, 0.4) is 0 Å². The summed E-state index contributed by atoms with van der Waals surface area (Å²) in [5.74, 6) is 0. The van der Waals surface area contributed by atoms with Crippen LogP contribution in [-0.2, 0) is 6.42 Å². The van der Waals surface area contributed by atoms with E-state index in [4.69, 9.17) is 11.6 Å². The maximum Gasteiger partial charge on any atom is 0.319 e. The van der Waals surface area contributed by atoms with Crippen LogP contribution in [0.5, 0.6) is 0 Å². The van der Waals surface area contributed by atoms with Crippen molar-refractivity contribution in [3.8, 4) is 0 Å². The number of anilines is 2. The lowest BCUT2D eigenvalue weighted by molar-refractivity contribution is 0.175. The van der Waals surface area contributed by atoms with Gasteiger partial charge in [0.2, 0.25) is 0 Å². The van der Waals surface area contributed by atoms with E-state index in [1.807, 2.05) is 18.2 Å². The first-order valence-electron chi connectivity index (χ1n) is 7.86. The van der Waals surface area contributed by atoms with Gasteiger partial charge in [-0.2, -0.15) is 0 Å². The number of rotatable bonds is 4. The van der Waals surface area contributed by atoms with Crippen molar-refractivity contribution in [2.75, 3.05) is 30.4 Å². The number of benzene rings is 2. The molecule has 0 saturated heterocycles.